The second kappa shape index (κ2) is 9.32. The third kappa shape index (κ3) is 4.35. The molecule has 1 N–H and O–H groups in total. The van der Waals surface area contributed by atoms with Crippen LogP contribution in [0, 0.1) is 0 Å². The summed E-state index contributed by atoms with van der Waals surface area (Å²) in [5.74, 6) is 0.883. The van der Waals surface area contributed by atoms with Crippen molar-refractivity contribution in [1.82, 2.24) is 4.90 Å². The van der Waals surface area contributed by atoms with Crippen molar-refractivity contribution in [3.05, 3.63) is 81.5 Å². The van der Waals surface area contributed by atoms with Gasteiger partial charge in [0, 0.05) is 30.8 Å². The van der Waals surface area contributed by atoms with E-state index in [1.54, 1.807) is 25.6 Å². The van der Waals surface area contributed by atoms with E-state index in [1.807, 2.05) is 23.1 Å². The number of hydrogen-bond acceptors (Lipinski definition) is 5. The maximum Gasteiger partial charge on any atom is 0.249 e. The minimum atomic E-state index is -0.0601. The fourth-order valence-electron chi connectivity index (χ4n) is 3.92. The van der Waals surface area contributed by atoms with E-state index in [0.29, 0.717) is 6.54 Å². The Kier molecular flexibility index (Phi) is 6.35. The molecule has 0 unspecified atom stereocenters. The zero-order chi connectivity index (χ0) is 20.9. The molecule has 1 aliphatic heterocycles. The summed E-state index contributed by atoms with van der Waals surface area (Å²) in [6.07, 6.45) is 0.902. The van der Waals surface area contributed by atoms with Crippen LogP contribution in [0.4, 0.5) is 5.69 Å². The molecule has 0 radical (unpaired) electrons. The minimum Gasteiger partial charge on any atom is -0.497 e. The van der Waals surface area contributed by atoms with Gasteiger partial charge in [-0.15, -0.1) is 11.3 Å². The first kappa shape index (κ1) is 20.4. The quantitative estimate of drug-likeness (QED) is 0.610. The molecule has 0 fully saturated rings. The predicted molar refractivity (Wildman–Crippen MR) is 120 cm³/mol. The molecule has 3 aromatic rings. The van der Waals surface area contributed by atoms with Crippen molar-refractivity contribution in [2.45, 2.75) is 19.0 Å². The number of fused-ring (bicyclic) bond motifs is 1. The molecule has 1 amide bonds. The number of thiophene rings is 1. The average molecular weight is 423 g/mol. The van der Waals surface area contributed by atoms with E-state index in [1.165, 1.54) is 10.4 Å². The van der Waals surface area contributed by atoms with E-state index in [2.05, 4.69) is 47.1 Å². The SMILES string of the molecule is COCC(=O)N1CCc2sccc2[C@H]1c1ccc(NCc2cccc(OC)c2)cc1. The normalized spacial score (nSPS) is 15.5. The van der Waals surface area contributed by atoms with Crippen LogP contribution in [0.2, 0.25) is 0 Å². The Bertz CT molecular complexity index is 1000. The third-order valence-electron chi connectivity index (χ3n) is 5.41. The lowest BCUT2D eigenvalue weighted by Crippen LogP contribution is -2.41. The molecular formula is C24H26N2O3S. The van der Waals surface area contributed by atoms with E-state index >= 15 is 0 Å². The highest BCUT2D eigenvalue weighted by Crippen LogP contribution is 2.38. The Morgan fingerprint density at radius 3 is 2.77 bits per heavy atom. The van der Waals surface area contributed by atoms with Gasteiger partial charge in [-0.3, -0.25) is 4.79 Å². The van der Waals surface area contributed by atoms with E-state index in [4.69, 9.17) is 9.47 Å². The molecule has 0 aliphatic carbocycles. The van der Waals surface area contributed by atoms with Crippen molar-refractivity contribution < 1.29 is 14.3 Å². The largest absolute Gasteiger partial charge is 0.497 e. The minimum absolute atomic E-state index is 0.0274. The molecule has 1 aliphatic rings. The lowest BCUT2D eigenvalue weighted by Gasteiger charge is -2.36. The number of amides is 1. The van der Waals surface area contributed by atoms with Crippen LogP contribution in [-0.2, 0) is 22.5 Å². The van der Waals surface area contributed by atoms with Gasteiger partial charge in [0.1, 0.15) is 12.4 Å². The Morgan fingerprint density at radius 2 is 2.00 bits per heavy atom. The van der Waals surface area contributed by atoms with Crippen LogP contribution in [-0.4, -0.2) is 38.2 Å². The molecule has 2 aromatic carbocycles. The molecule has 0 saturated carbocycles. The molecule has 0 saturated heterocycles. The number of ether oxygens (including phenoxy) is 2. The van der Waals surface area contributed by atoms with Crippen LogP contribution >= 0.6 is 11.3 Å². The van der Waals surface area contributed by atoms with Gasteiger partial charge in [0.15, 0.2) is 0 Å². The highest BCUT2D eigenvalue weighted by molar-refractivity contribution is 7.10. The summed E-state index contributed by atoms with van der Waals surface area (Å²) in [6, 6.07) is 18.5. The molecule has 5 nitrogen and oxygen atoms in total. The molecule has 156 valence electrons. The second-order valence-corrected chi connectivity index (χ2v) is 8.30. The van der Waals surface area contributed by atoms with Crippen molar-refractivity contribution in [3.8, 4) is 5.75 Å². The van der Waals surface area contributed by atoms with Gasteiger partial charge in [0.25, 0.3) is 0 Å². The van der Waals surface area contributed by atoms with Gasteiger partial charge in [0.2, 0.25) is 5.91 Å². The lowest BCUT2D eigenvalue weighted by molar-refractivity contribution is -0.137. The standard InChI is InChI=1S/C24H26N2O3S/c1-28-16-23(27)26-12-10-22-21(11-13-30-22)24(26)18-6-8-19(9-7-18)25-15-17-4-3-5-20(14-17)29-2/h3-9,11,13-14,24-25H,10,12,15-16H2,1-2H3/t24-/m1/s1. The summed E-state index contributed by atoms with van der Waals surface area (Å²) in [5, 5.41) is 5.57. The first-order valence-electron chi connectivity index (χ1n) is 10.0. The zero-order valence-corrected chi connectivity index (χ0v) is 18.1. The Balaban J connectivity index is 1.52. The number of carbonyl (C=O) groups is 1. The van der Waals surface area contributed by atoms with Crippen molar-refractivity contribution in [2.24, 2.45) is 0 Å². The first-order valence-corrected chi connectivity index (χ1v) is 10.9. The van der Waals surface area contributed by atoms with Gasteiger partial charge in [-0.1, -0.05) is 24.3 Å². The van der Waals surface area contributed by atoms with Gasteiger partial charge in [0.05, 0.1) is 13.2 Å². The van der Waals surface area contributed by atoms with Gasteiger partial charge >= 0.3 is 0 Å². The monoisotopic (exact) mass is 422 g/mol. The van der Waals surface area contributed by atoms with Crippen LogP contribution in [0.25, 0.3) is 0 Å². The maximum atomic E-state index is 12.7. The molecule has 6 heteroatoms. The summed E-state index contributed by atoms with van der Waals surface area (Å²) in [7, 11) is 3.24. The molecule has 30 heavy (non-hydrogen) atoms. The van der Waals surface area contributed by atoms with E-state index in [9.17, 15) is 4.79 Å². The van der Waals surface area contributed by atoms with Gasteiger partial charge in [-0.2, -0.15) is 0 Å². The number of rotatable bonds is 7. The molecule has 1 atom stereocenters. The van der Waals surface area contributed by atoms with Crippen LogP contribution in [0.15, 0.2) is 60.0 Å². The summed E-state index contributed by atoms with van der Waals surface area (Å²) >= 11 is 1.77. The average Bonchev–Trinajstić information content (AvgIpc) is 3.26. The Morgan fingerprint density at radius 1 is 1.17 bits per heavy atom. The molecule has 4 rings (SSSR count). The predicted octanol–water partition coefficient (Wildman–Crippen LogP) is 4.49. The topological polar surface area (TPSA) is 50.8 Å². The van der Waals surface area contributed by atoms with Crippen LogP contribution in [0.5, 0.6) is 5.75 Å². The number of nitrogens with one attached hydrogen (secondary N) is 1. The molecule has 2 heterocycles. The molecule has 1 aromatic heterocycles. The van der Waals surface area contributed by atoms with Crippen LogP contribution in [0.3, 0.4) is 0 Å². The summed E-state index contributed by atoms with van der Waals surface area (Å²) in [4.78, 5) is 16.0. The van der Waals surface area contributed by atoms with Crippen molar-refractivity contribution >= 4 is 22.9 Å². The Hall–Kier alpha value is -2.83. The number of hydrogen-bond donors (Lipinski definition) is 1. The first-order chi connectivity index (χ1) is 14.7. The molecule has 0 spiro atoms. The van der Waals surface area contributed by atoms with Gasteiger partial charge < -0.3 is 19.7 Å². The highest BCUT2D eigenvalue weighted by atomic mass is 32.1. The summed E-state index contributed by atoms with van der Waals surface area (Å²) < 4.78 is 10.4. The number of methoxy groups -OCH3 is 2. The maximum absolute atomic E-state index is 12.7. The number of anilines is 1. The van der Waals surface area contributed by atoms with Gasteiger partial charge in [-0.05, 0) is 58.8 Å². The van der Waals surface area contributed by atoms with Crippen LogP contribution in [0.1, 0.15) is 27.6 Å². The smallest absolute Gasteiger partial charge is 0.249 e. The fourth-order valence-corrected chi connectivity index (χ4v) is 4.82. The zero-order valence-electron chi connectivity index (χ0n) is 17.3. The summed E-state index contributed by atoms with van der Waals surface area (Å²) in [6.45, 7) is 1.54. The molecular weight excluding hydrogens is 396 g/mol. The van der Waals surface area contributed by atoms with Gasteiger partial charge in [-0.25, -0.2) is 0 Å². The van der Waals surface area contributed by atoms with E-state index in [-0.39, 0.29) is 18.6 Å². The highest BCUT2D eigenvalue weighted by Gasteiger charge is 2.32. The van der Waals surface area contributed by atoms with Crippen molar-refractivity contribution in [2.75, 3.05) is 32.7 Å². The second-order valence-electron chi connectivity index (χ2n) is 7.30. The number of benzene rings is 2. The summed E-state index contributed by atoms with van der Waals surface area (Å²) in [5.41, 5.74) is 4.54. The number of nitrogens with zero attached hydrogens (tertiary/aromatic N) is 1. The third-order valence-corrected chi connectivity index (χ3v) is 6.41. The van der Waals surface area contributed by atoms with Crippen molar-refractivity contribution in [1.29, 1.82) is 0 Å². The Labute approximate surface area is 181 Å². The van der Waals surface area contributed by atoms with Crippen molar-refractivity contribution in [3.63, 3.8) is 0 Å². The van der Waals surface area contributed by atoms with E-state index in [0.717, 1.165) is 35.5 Å². The number of carbonyl (C=O) groups excluding carboxylic acids is 1. The van der Waals surface area contributed by atoms with Crippen LogP contribution < -0.4 is 10.1 Å². The van der Waals surface area contributed by atoms with E-state index < -0.39 is 0 Å². The molecule has 0 bridgehead atoms. The fraction of sp³-hybridized carbons (Fsp3) is 0.292. The lowest BCUT2D eigenvalue weighted by atomic mass is 9.93.